The van der Waals surface area contributed by atoms with E-state index >= 15 is 0 Å². The molecule has 0 bridgehead atoms. The van der Waals surface area contributed by atoms with E-state index in [2.05, 4.69) is 0 Å². The fraction of sp³-hybridized carbons (Fsp3) is 0.889. The molecule has 4 heteroatoms. The molecular weight excluding hydrogens is 172 g/mol. The summed E-state index contributed by atoms with van der Waals surface area (Å²) in [5.74, 6) is -1.84. The molecule has 0 radical (unpaired) electrons. The third kappa shape index (κ3) is 3.74. The number of ether oxygens (including phenoxy) is 3. The van der Waals surface area contributed by atoms with Crippen molar-refractivity contribution in [3.05, 3.63) is 0 Å². The van der Waals surface area contributed by atoms with Crippen molar-refractivity contribution in [3.63, 3.8) is 0 Å². The lowest BCUT2D eigenvalue weighted by Crippen LogP contribution is -2.44. The van der Waals surface area contributed by atoms with Gasteiger partial charge in [-0.15, -0.1) is 0 Å². The largest absolute Gasteiger partial charge is 0.456 e. The van der Waals surface area contributed by atoms with E-state index in [-0.39, 0.29) is 0 Å². The Hall–Kier alpha value is -0.610. The summed E-state index contributed by atoms with van der Waals surface area (Å²) in [5, 5.41) is 0. The zero-order chi connectivity index (χ0) is 10.7. The van der Waals surface area contributed by atoms with E-state index in [1.165, 1.54) is 21.1 Å². The molecule has 4 nitrogen and oxygen atoms in total. The summed E-state index contributed by atoms with van der Waals surface area (Å²) in [6.45, 7) is 6.88. The van der Waals surface area contributed by atoms with Gasteiger partial charge in [0.15, 0.2) is 0 Å². The Morgan fingerprint density at radius 1 is 1.00 bits per heavy atom. The van der Waals surface area contributed by atoms with E-state index in [1.54, 1.807) is 20.8 Å². The Morgan fingerprint density at radius 3 is 1.62 bits per heavy atom. The molecule has 0 aromatic carbocycles. The molecule has 0 unspecified atom stereocenters. The fourth-order valence-corrected chi connectivity index (χ4v) is 0.621. The predicted molar refractivity (Wildman–Crippen MR) is 48.3 cm³/mol. The maximum absolute atomic E-state index is 11.5. The molecule has 0 atom stereocenters. The Bertz CT molecular complexity index is 177. The summed E-state index contributed by atoms with van der Waals surface area (Å²) >= 11 is 0. The van der Waals surface area contributed by atoms with Crippen molar-refractivity contribution in [2.24, 2.45) is 0 Å². The van der Waals surface area contributed by atoms with E-state index in [0.29, 0.717) is 0 Å². The quantitative estimate of drug-likeness (QED) is 0.497. The number of esters is 1. The van der Waals surface area contributed by atoms with Crippen molar-refractivity contribution in [1.29, 1.82) is 0 Å². The van der Waals surface area contributed by atoms with Crippen LogP contribution in [0.5, 0.6) is 0 Å². The van der Waals surface area contributed by atoms with Crippen molar-refractivity contribution in [3.8, 4) is 0 Å². The van der Waals surface area contributed by atoms with Gasteiger partial charge in [0.25, 0.3) is 5.79 Å². The van der Waals surface area contributed by atoms with E-state index in [9.17, 15) is 4.79 Å². The molecule has 0 amide bonds. The van der Waals surface area contributed by atoms with Crippen molar-refractivity contribution >= 4 is 5.97 Å². The van der Waals surface area contributed by atoms with E-state index in [4.69, 9.17) is 14.2 Å². The number of rotatable bonds is 3. The maximum Gasteiger partial charge on any atom is 0.367 e. The summed E-state index contributed by atoms with van der Waals surface area (Å²) in [4.78, 5) is 11.5. The van der Waals surface area contributed by atoms with Gasteiger partial charge in [-0.05, 0) is 20.8 Å². The van der Waals surface area contributed by atoms with Gasteiger partial charge >= 0.3 is 5.97 Å². The van der Waals surface area contributed by atoms with Gasteiger partial charge in [-0.25, -0.2) is 4.79 Å². The van der Waals surface area contributed by atoms with Gasteiger partial charge in [-0.3, -0.25) is 0 Å². The van der Waals surface area contributed by atoms with Gasteiger partial charge in [0.2, 0.25) is 0 Å². The summed E-state index contributed by atoms with van der Waals surface area (Å²) in [7, 11) is 2.79. The number of methoxy groups -OCH3 is 2. The average Bonchev–Trinajstić information content (AvgIpc) is 2.00. The Labute approximate surface area is 79.2 Å². The first kappa shape index (κ1) is 12.4. The van der Waals surface area contributed by atoms with Gasteiger partial charge in [0.05, 0.1) is 0 Å². The van der Waals surface area contributed by atoms with E-state index < -0.39 is 17.4 Å². The van der Waals surface area contributed by atoms with E-state index in [0.717, 1.165) is 0 Å². The van der Waals surface area contributed by atoms with Crippen molar-refractivity contribution in [2.45, 2.75) is 39.1 Å². The zero-order valence-electron chi connectivity index (χ0n) is 9.13. The minimum Gasteiger partial charge on any atom is -0.456 e. The Balaban J connectivity index is 4.41. The van der Waals surface area contributed by atoms with Crippen LogP contribution < -0.4 is 0 Å². The second-order valence-electron chi connectivity index (χ2n) is 3.86. The first-order valence-corrected chi connectivity index (χ1v) is 4.09. The molecule has 0 heterocycles. The molecule has 0 spiro atoms. The first-order chi connectivity index (χ1) is 5.75. The highest BCUT2D eigenvalue weighted by Gasteiger charge is 2.37. The highest BCUT2D eigenvalue weighted by Crippen LogP contribution is 2.17. The summed E-state index contributed by atoms with van der Waals surface area (Å²) < 4.78 is 14.9. The third-order valence-corrected chi connectivity index (χ3v) is 1.55. The average molecular weight is 190 g/mol. The van der Waals surface area contributed by atoms with Gasteiger partial charge in [0, 0.05) is 21.1 Å². The molecule has 0 N–H and O–H groups in total. The second kappa shape index (κ2) is 4.07. The van der Waals surface area contributed by atoms with Crippen molar-refractivity contribution < 1.29 is 19.0 Å². The molecule has 0 saturated heterocycles. The fourth-order valence-electron chi connectivity index (χ4n) is 0.621. The monoisotopic (exact) mass is 190 g/mol. The van der Waals surface area contributed by atoms with E-state index in [1.807, 2.05) is 0 Å². The Kier molecular flexibility index (Phi) is 3.88. The summed E-state index contributed by atoms with van der Waals surface area (Å²) in [5.41, 5.74) is -0.532. The van der Waals surface area contributed by atoms with Crippen LogP contribution in [0.2, 0.25) is 0 Å². The van der Waals surface area contributed by atoms with Crippen LogP contribution in [0.4, 0.5) is 0 Å². The summed E-state index contributed by atoms with van der Waals surface area (Å²) in [6.07, 6.45) is 0. The lowest BCUT2D eigenvalue weighted by atomic mass is 10.2. The zero-order valence-corrected chi connectivity index (χ0v) is 9.13. The van der Waals surface area contributed by atoms with Crippen LogP contribution in [0.25, 0.3) is 0 Å². The summed E-state index contributed by atoms with van der Waals surface area (Å²) in [6, 6.07) is 0. The standard InChI is InChI=1S/C9H18O4/c1-8(2,3)13-7(10)9(4,11-5)12-6/h1-6H3. The molecular formula is C9H18O4. The van der Waals surface area contributed by atoms with Gasteiger partial charge < -0.3 is 14.2 Å². The van der Waals surface area contributed by atoms with Crippen LogP contribution in [0, 0.1) is 0 Å². The minimum atomic E-state index is -1.31. The van der Waals surface area contributed by atoms with Gasteiger partial charge in [-0.2, -0.15) is 0 Å². The molecule has 13 heavy (non-hydrogen) atoms. The topological polar surface area (TPSA) is 44.8 Å². The van der Waals surface area contributed by atoms with Crippen molar-refractivity contribution in [2.75, 3.05) is 14.2 Å². The Morgan fingerprint density at radius 2 is 1.38 bits per heavy atom. The first-order valence-electron chi connectivity index (χ1n) is 4.09. The van der Waals surface area contributed by atoms with Crippen LogP contribution in [0.3, 0.4) is 0 Å². The molecule has 0 aromatic rings. The molecule has 0 saturated carbocycles. The molecule has 0 aromatic heterocycles. The number of carbonyl (C=O) groups is 1. The van der Waals surface area contributed by atoms with Gasteiger partial charge in [0.1, 0.15) is 5.60 Å². The lowest BCUT2D eigenvalue weighted by Gasteiger charge is -2.28. The molecule has 0 fully saturated rings. The highest BCUT2D eigenvalue weighted by molar-refractivity contribution is 5.77. The van der Waals surface area contributed by atoms with Crippen LogP contribution in [-0.2, 0) is 19.0 Å². The van der Waals surface area contributed by atoms with Gasteiger partial charge in [-0.1, -0.05) is 0 Å². The molecule has 0 aliphatic rings. The van der Waals surface area contributed by atoms with Crippen LogP contribution >= 0.6 is 0 Å². The SMILES string of the molecule is COC(C)(OC)C(=O)OC(C)(C)C. The second-order valence-corrected chi connectivity index (χ2v) is 3.86. The maximum atomic E-state index is 11.5. The third-order valence-electron chi connectivity index (χ3n) is 1.55. The van der Waals surface area contributed by atoms with Crippen molar-refractivity contribution in [1.82, 2.24) is 0 Å². The van der Waals surface area contributed by atoms with Crippen LogP contribution in [-0.4, -0.2) is 31.6 Å². The lowest BCUT2D eigenvalue weighted by molar-refractivity contribution is -0.230. The normalized spacial score (nSPS) is 12.8. The molecule has 0 rings (SSSR count). The molecule has 0 aliphatic carbocycles. The predicted octanol–water partition coefficient (Wildman–Crippen LogP) is 1.34. The number of hydrogen-bond acceptors (Lipinski definition) is 4. The molecule has 78 valence electrons. The minimum absolute atomic E-state index is 0.523. The highest BCUT2D eigenvalue weighted by atomic mass is 16.7. The molecule has 0 aliphatic heterocycles. The van der Waals surface area contributed by atoms with Crippen LogP contribution in [0.15, 0.2) is 0 Å². The number of carbonyl (C=O) groups excluding carboxylic acids is 1. The van der Waals surface area contributed by atoms with Crippen LogP contribution in [0.1, 0.15) is 27.7 Å². The number of hydrogen-bond donors (Lipinski definition) is 0. The smallest absolute Gasteiger partial charge is 0.367 e.